The third-order valence-electron chi connectivity index (χ3n) is 4.59. The van der Waals surface area contributed by atoms with Gasteiger partial charge in [-0.25, -0.2) is 0 Å². The Balaban J connectivity index is 2.16. The minimum Gasteiger partial charge on any atom is -0.370 e. The molecule has 3 nitrogen and oxygen atoms in total. The van der Waals surface area contributed by atoms with Gasteiger partial charge in [0.05, 0.1) is 5.54 Å². The van der Waals surface area contributed by atoms with Crippen molar-refractivity contribution >= 4 is 5.69 Å². The van der Waals surface area contributed by atoms with E-state index >= 15 is 0 Å². The van der Waals surface area contributed by atoms with Crippen LogP contribution in [0.1, 0.15) is 25.3 Å². The van der Waals surface area contributed by atoms with Gasteiger partial charge in [0, 0.05) is 25.3 Å². The van der Waals surface area contributed by atoms with Gasteiger partial charge in [-0.3, -0.25) is 0 Å². The van der Waals surface area contributed by atoms with Crippen molar-refractivity contribution in [2.75, 3.05) is 38.6 Å². The highest BCUT2D eigenvalue weighted by Crippen LogP contribution is 2.28. The predicted octanol–water partition coefficient (Wildman–Crippen LogP) is 2.11. The molecule has 106 valence electrons. The molecule has 1 aliphatic heterocycles. The number of aryl methyl sites for hydroxylation is 1. The van der Waals surface area contributed by atoms with Gasteiger partial charge in [-0.2, -0.15) is 0 Å². The number of benzene rings is 1. The topological polar surface area (TPSA) is 32.5 Å². The number of anilines is 1. The van der Waals surface area contributed by atoms with Gasteiger partial charge in [0.2, 0.25) is 0 Å². The number of rotatable bonds is 4. The molecule has 0 saturated carbocycles. The Labute approximate surface area is 117 Å². The van der Waals surface area contributed by atoms with E-state index in [1.807, 2.05) is 0 Å². The first kappa shape index (κ1) is 14.4. The van der Waals surface area contributed by atoms with Crippen LogP contribution in [0.15, 0.2) is 24.3 Å². The Morgan fingerprint density at radius 2 is 1.95 bits per heavy atom. The maximum atomic E-state index is 6.06. The smallest absolute Gasteiger partial charge is 0.0501 e. The number of hydrogen-bond donors (Lipinski definition) is 1. The average molecular weight is 261 g/mol. The van der Waals surface area contributed by atoms with Crippen molar-refractivity contribution in [2.24, 2.45) is 5.73 Å². The van der Waals surface area contributed by atoms with E-state index in [-0.39, 0.29) is 5.54 Å². The molecule has 0 radical (unpaired) electrons. The molecule has 1 unspecified atom stereocenters. The van der Waals surface area contributed by atoms with E-state index in [0.717, 1.165) is 26.1 Å². The number of nitrogens with zero attached hydrogens (tertiary/aromatic N) is 2. The Hall–Kier alpha value is -1.06. The van der Waals surface area contributed by atoms with Crippen molar-refractivity contribution in [3.8, 4) is 0 Å². The molecule has 2 rings (SSSR count). The third-order valence-corrected chi connectivity index (χ3v) is 4.59. The van der Waals surface area contributed by atoms with E-state index in [4.69, 9.17) is 5.73 Å². The first-order chi connectivity index (χ1) is 9.11. The van der Waals surface area contributed by atoms with Crippen molar-refractivity contribution in [1.82, 2.24) is 4.90 Å². The van der Waals surface area contributed by atoms with Gasteiger partial charge in [0.25, 0.3) is 0 Å². The Bertz CT molecular complexity index is 399. The zero-order chi connectivity index (χ0) is 13.9. The molecule has 1 saturated heterocycles. The molecule has 1 fully saturated rings. The summed E-state index contributed by atoms with van der Waals surface area (Å²) in [4.78, 5) is 4.79. The summed E-state index contributed by atoms with van der Waals surface area (Å²) in [5.41, 5.74) is 8.91. The quantitative estimate of drug-likeness (QED) is 0.901. The van der Waals surface area contributed by atoms with Crippen LogP contribution in [0.5, 0.6) is 0 Å². The van der Waals surface area contributed by atoms with Crippen LogP contribution in [-0.2, 0) is 6.42 Å². The standard InChI is InChI=1S/C16H27N3/c1-4-14-6-8-15(9-7-14)19-11-5-10-16(12-17,13-19)18(2)3/h6-9H,4-5,10-13,17H2,1-3H3. The molecular weight excluding hydrogens is 234 g/mol. The fourth-order valence-electron chi connectivity index (χ4n) is 2.99. The molecule has 1 aromatic carbocycles. The number of piperidine rings is 1. The fraction of sp³-hybridized carbons (Fsp3) is 0.625. The lowest BCUT2D eigenvalue weighted by molar-refractivity contribution is 0.135. The Morgan fingerprint density at radius 3 is 2.47 bits per heavy atom. The van der Waals surface area contributed by atoms with Crippen molar-refractivity contribution in [3.63, 3.8) is 0 Å². The second-order valence-corrected chi connectivity index (χ2v) is 5.87. The lowest BCUT2D eigenvalue weighted by atomic mass is 9.87. The van der Waals surface area contributed by atoms with Gasteiger partial charge >= 0.3 is 0 Å². The molecule has 3 heteroatoms. The molecule has 1 aromatic rings. The third kappa shape index (κ3) is 2.93. The summed E-state index contributed by atoms with van der Waals surface area (Å²) >= 11 is 0. The molecular formula is C16H27N3. The van der Waals surface area contributed by atoms with E-state index in [2.05, 4.69) is 55.1 Å². The maximum absolute atomic E-state index is 6.06. The van der Waals surface area contributed by atoms with Gasteiger partial charge in [0.1, 0.15) is 0 Å². The van der Waals surface area contributed by atoms with E-state index < -0.39 is 0 Å². The van der Waals surface area contributed by atoms with Gasteiger partial charge in [0.15, 0.2) is 0 Å². The summed E-state index contributed by atoms with van der Waals surface area (Å²) in [6.45, 7) is 5.09. The predicted molar refractivity (Wildman–Crippen MR) is 82.7 cm³/mol. The molecule has 19 heavy (non-hydrogen) atoms. The number of hydrogen-bond acceptors (Lipinski definition) is 3. The molecule has 1 heterocycles. The largest absolute Gasteiger partial charge is 0.370 e. The van der Waals surface area contributed by atoms with Gasteiger partial charge in [-0.1, -0.05) is 19.1 Å². The summed E-state index contributed by atoms with van der Waals surface area (Å²) in [5.74, 6) is 0. The second-order valence-electron chi connectivity index (χ2n) is 5.87. The molecule has 1 atom stereocenters. The monoisotopic (exact) mass is 261 g/mol. The second kappa shape index (κ2) is 5.93. The van der Waals surface area contributed by atoms with Gasteiger partial charge < -0.3 is 15.5 Å². The van der Waals surface area contributed by atoms with Gasteiger partial charge in [-0.05, 0) is 51.1 Å². The number of nitrogens with two attached hydrogens (primary N) is 1. The zero-order valence-corrected chi connectivity index (χ0v) is 12.5. The summed E-state index contributed by atoms with van der Waals surface area (Å²) in [5, 5.41) is 0. The molecule has 1 aliphatic rings. The molecule has 2 N–H and O–H groups in total. The lowest BCUT2D eigenvalue weighted by Crippen LogP contribution is -2.60. The highest BCUT2D eigenvalue weighted by atomic mass is 15.2. The van der Waals surface area contributed by atoms with Crippen LogP contribution < -0.4 is 10.6 Å². The van der Waals surface area contributed by atoms with Crippen LogP contribution in [0.25, 0.3) is 0 Å². The van der Waals surface area contributed by atoms with Crippen LogP contribution in [0.2, 0.25) is 0 Å². The van der Waals surface area contributed by atoms with Crippen LogP contribution in [0, 0.1) is 0 Å². The summed E-state index contributed by atoms with van der Waals surface area (Å²) < 4.78 is 0. The SMILES string of the molecule is CCc1ccc(N2CCCC(CN)(N(C)C)C2)cc1. The highest BCUT2D eigenvalue weighted by molar-refractivity contribution is 5.48. The highest BCUT2D eigenvalue weighted by Gasteiger charge is 2.36. The van der Waals surface area contributed by atoms with Crippen LogP contribution >= 0.6 is 0 Å². The first-order valence-corrected chi connectivity index (χ1v) is 7.33. The van der Waals surface area contributed by atoms with Crippen molar-refractivity contribution in [3.05, 3.63) is 29.8 Å². The minimum absolute atomic E-state index is 0.127. The normalized spacial score (nSPS) is 23.9. The molecule has 0 aromatic heterocycles. The Kier molecular flexibility index (Phi) is 4.48. The summed E-state index contributed by atoms with van der Waals surface area (Å²) in [6.07, 6.45) is 3.51. The fourth-order valence-corrected chi connectivity index (χ4v) is 2.99. The number of likely N-dealkylation sites (N-methyl/N-ethyl adjacent to an activating group) is 1. The molecule has 0 aliphatic carbocycles. The molecule has 0 bridgehead atoms. The van der Waals surface area contributed by atoms with Crippen LogP contribution in [0.4, 0.5) is 5.69 Å². The Morgan fingerprint density at radius 1 is 1.26 bits per heavy atom. The van der Waals surface area contributed by atoms with Crippen LogP contribution in [-0.4, -0.2) is 44.2 Å². The maximum Gasteiger partial charge on any atom is 0.0501 e. The molecule has 0 spiro atoms. The summed E-state index contributed by atoms with van der Waals surface area (Å²) in [7, 11) is 4.30. The van der Waals surface area contributed by atoms with Gasteiger partial charge in [-0.15, -0.1) is 0 Å². The van der Waals surface area contributed by atoms with Crippen LogP contribution in [0.3, 0.4) is 0 Å². The van der Waals surface area contributed by atoms with Crippen molar-refractivity contribution in [1.29, 1.82) is 0 Å². The van der Waals surface area contributed by atoms with Crippen molar-refractivity contribution in [2.45, 2.75) is 31.7 Å². The first-order valence-electron chi connectivity index (χ1n) is 7.33. The van der Waals surface area contributed by atoms with E-state index in [1.54, 1.807) is 0 Å². The molecule has 0 amide bonds. The zero-order valence-electron chi connectivity index (χ0n) is 12.5. The average Bonchev–Trinajstić information content (AvgIpc) is 2.47. The van der Waals surface area contributed by atoms with E-state index in [1.165, 1.54) is 24.1 Å². The van der Waals surface area contributed by atoms with E-state index in [9.17, 15) is 0 Å². The summed E-state index contributed by atoms with van der Waals surface area (Å²) in [6, 6.07) is 8.98. The van der Waals surface area contributed by atoms with Crippen molar-refractivity contribution < 1.29 is 0 Å². The van der Waals surface area contributed by atoms with E-state index in [0.29, 0.717) is 0 Å². The minimum atomic E-state index is 0.127. The lowest BCUT2D eigenvalue weighted by Gasteiger charge is -2.47.